The molecule has 0 aromatic heterocycles. The second-order valence-corrected chi connectivity index (χ2v) is 4.83. The fourth-order valence-corrected chi connectivity index (χ4v) is 2.40. The normalized spacial score (nSPS) is 28.0. The molecule has 2 atom stereocenters. The fraction of sp³-hybridized carbons (Fsp3) is 0.917. The molecule has 0 radical (unpaired) electrons. The van der Waals surface area contributed by atoms with Crippen molar-refractivity contribution in [2.45, 2.75) is 33.6 Å². The maximum atomic E-state index is 4.35. The molecule has 1 N–H and O–H groups in total. The van der Waals surface area contributed by atoms with E-state index in [2.05, 4.69) is 36.0 Å². The highest BCUT2D eigenvalue weighted by Crippen LogP contribution is 2.20. The molecule has 0 aliphatic carbocycles. The molecule has 88 valence electrons. The van der Waals surface area contributed by atoms with Crippen molar-refractivity contribution in [2.75, 3.05) is 26.7 Å². The van der Waals surface area contributed by atoms with Crippen molar-refractivity contribution in [3.8, 4) is 0 Å². The van der Waals surface area contributed by atoms with E-state index in [1.165, 1.54) is 6.42 Å². The van der Waals surface area contributed by atoms with Crippen LogP contribution in [0.15, 0.2) is 4.99 Å². The van der Waals surface area contributed by atoms with Crippen LogP contribution < -0.4 is 5.32 Å². The van der Waals surface area contributed by atoms with Gasteiger partial charge in [0.05, 0.1) is 0 Å². The zero-order valence-electron chi connectivity index (χ0n) is 10.6. The van der Waals surface area contributed by atoms with Crippen LogP contribution in [0.3, 0.4) is 0 Å². The van der Waals surface area contributed by atoms with Gasteiger partial charge in [0.2, 0.25) is 0 Å². The van der Waals surface area contributed by atoms with Gasteiger partial charge >= 0.3 is 0 Å². The van der Waals surface area contributed by atoms with E-state index in [-0.39, 0.29) is 0 Å². The van der Waals surface area contributed by atoms with Gasteiger partial charge in [0.25, 0.3) is 0 Å². The number of rotatable bonds is 2. The summed E-state index contributed by atoms with van der Waals surface area (Å²) in [5, 5.41) is 3.41. The Hall–Kier alpha value is -0.730. The van der Waals surface area contributed by atoms with Gasteiger partial charge in [-0.05, 0) is 24.7 Å². The molecule has 1 rings (SSSR count). The summed E-state index contributed by atoms with van der Waals surface area (Å²) in [4.78, 5) is 6.75. The maximum absolute atomic E-state index is 4.35. The summed E-state index contributed by atoms with van der Waals surface area (Å²) in [6, 6.07) is 0. The molecule has 1 heterocycles. The first-order valence-electron chi connectivity index (χ1n) is 6.13. The highest BCUT2D eigenvalue weighted by atomic mass is 15.3. The highest BCUT2D eigenvalue weighted by molar-refractivity contribution is 5.79. The van der Waals surface area contributed by atoms with Crippen molar-refractivity contribution >= 4 is 5.96 Å². The average molecular weight is 211 g/mol. The van der Waals surface area contributed by atoms with Crippen molar-refractivity contribution in [3.63, 3.8) is 0 Å². The number of hydrogen-bond donors (Lipinski definition) is 1. The van der Waals surface area contributed by atoms with Gasteiger partial charge in [0.15, 0.2) is 5.96 Å². The standard InChI is InChI=1S/C12H25N3/c1-5-6-14-12(13-4)15-8-10(2)7-11(3)9-15/h10-11H,5-9H2,1-4H3,(H,13,14). The second kappa shape index (κ2) is 5.99. The predicted molar refractivity (Wildman–Crippen MR) is 66.2 cm³/mol. The lowest BCUT2D eigenvalue weighted by Crippen LogP contribution is -2.48. The van der Waals surface area contributed by atoms with E-state index >= 15 is 0 Å². The summed E-state index contributed by atoms with van der Waals surface area (Å²) >= 11 is 0. The molecular weight excluding hydrogens is 186 g/mol. The molecule has 0 spiro atoms. The van der Waals surface area contributed by atoms with E-state index in [1.54, 1.807) is 0 Å². The Morgan fingerprint density at radius 3 is 2.40 bits per heavy atom. The lowest BCUT2D eigenvalue weighted by Gasteiger charge is -2.37. The Labute approximate surface area is 94.0 Å². The number of likely N-dealkylation sites (tertiary alicyclic amines) is 1. The van der Waals surface area contributed by atoms with Crippen LogP contribution in [-0.2, 0) is 0 Å². The van der Waals surface area contributed by atoms with E-state index in [1.807, 2.05) is 7.05 Å². The molecule has 0 bridgehead atoms. The van der Waals surface area contributed by atoms with Crippen molar-refractivity contribution in [1.82, 2.24) is 10.2 Å². The van der Waals surface area contributed by atoms with Gasteiger partial charge < -0.3 is 10.2 Å². The Morgan fingerprint density at radius 1 is 1.33 bits per heavy atom. The number of nitrogens with one attached hydrogen (secondary N) is 1. The van der Waals surface area contributed by atoms with Gasteiger partial charge in [-0.15, -0.1) is 0 Å². The van der Waals surface area contributed by atoms with Gasteiger partial charge in [-0.25, -0.2) is 0 Å². The predicted octanol–water partition coefficient (Wildman–Crippen LogP) is 1.95. The number of hydrogen-bond acceptors (Lipinski definition) is 1. The third-order valence-electron chi connectivity index (χ3n) is 2.91. The smallest absolute Gasteiger partial charge is 0.193 e. The van der Waals surface area contributed by atoms with E-state index in [0.29, 0.717) is 0 Å². The molecule has 1 aliphatic rings. The van der Waals surface area contributed by atoms with Gasteiger partial charge in [0, 0.05) is 26.7 Å². The molecule has 0 aromatic carbocycles. The Balaban J connectivity index is 2.52. The van der Waals surface area contributed by atoms with E-state index in [0.717, 1.165) is 43.9 Å². The first-order valence-corrected chi connectivity index (χ1v) is 6.13. The number of piperidine rings is 1. The minimum absolute atomic E-state index is 0.786. The van der Waals surface area contributed by atoms with E-state index < -0.39 is 0 Å². The van der Waals surface area contributed by atoms with Crippen LogP contribution in [0.4, 0.5) is 0 Å². The third-order valence-corrected chi connectivity index (χ3v) is 2.91. The van der Waals surface area contributed by atoms with Crippen molar-refractivity contribution in [2.24, 2.45) is 16.8 Å². The van der Waals surface area contributed by atoms with Crippen LogP contribution in [0.5, 0.6) is 0 Å². The molecule has 3 nitrogen and oxygen atoms in total. The molecule has 15 heavy (non-hydrogen) atoms. The van der Waals surface area contributed by atoms with Crippen LogP contribution in [0.25, 0.3) is 0 Å². The minimum atomic E-state index is 0.786. The quantitative estimate of drug-likeness (QED) is 0.558. The molecule has 3 heteroatoms. The molecule has 0 aromatic rings. The third kappa shape index (κ3) is 3.73. The number of guanidine groups is 1. The molecule has 0 saturated carbocycles. The Morgan fingerprint density at radius 2 is 1.93 bits per heavy atom. The van der Waals surface area contributed by atoms with Gasteiger partial charge in [0.1, 0.15) is 0 Å². The summed E-state index contributed by atoms with van der Waals surface area (Å²) in [6.07, 6.45) is 2.50. The maximum Gasteiger partial charge on any atom is 0.193 e. The molecule has 1 saturated heterocycles. The van der Waals surface area contributed by atoms with Crippen molar-refractivity contribution in [3.05, 3.63) is 0 Å². The molecular formula is C12H25N3. The van der Waals surface area contributed by atoms with Crippen molar-refractivity contribution in [1.29, 1.82) is 0 Å². The van der Waals surface area contributed by atoms with Crippen LogP contribution in [0, 0.1) is 11.8 Å². The summed E-state index contributed by atoms with van der Waals surface area (Å²) in [5.41, 5.74) is 0. The first-order chi connectivity index (χ1) is 7.17. The van der Waals surface area contributed by atoms with Crippen molar-refractivity contribution < 1.29 is 0 Å². The molecule has 2 unspecified atom stereocenters. The second-order valence-electron chi connectivity index (χ2n) is 4.83. The van der Waals surface area contributed by atoms with E-state index in [4.69, 9.17) is 0 Å². The Kier molecular flexibility index (Phi) is 4.92. The van der Waals surface area contributed by atoms with Gasteiger partial charge in [-0.3, -0.25) is 4.99 Å². The SMILES string of the molecule is CCCNC(=NC)N1CC(C)CC(C)C1. The molecule has 0 amide bonds. The van der Waals surface area contributed by atoms with Gasteiger partial charge in [-0.1, -0.05) is 20.8 Å². The fourth-order valence-electron chi connectivity index (χ4n) is 2.40. The lowest BCUT2D eigenvalue weighted by atomic mass is 9.92. The van der Waals surface area contributed by atoms with E-state index in [9.17, 15) is 0 Å². The summed E-state index contributed by atoms with van der Waals surface area (Å²) in [6.45, 7) is 10.2. The first kappa shape index (κ1) is 12.3. The largest absolute Gasteiger partial charge is 0.356 e. The summed E-state index contributed by atoms with van der Waals surface area (Å²) in [5.74, 6) is 2.65. The van der Waals surface area contributed by atoms with Crippen LogP contribution in [0.2, 0.25) is 0 Å². The lowest BCUT2D eigenvalue weighted by molar-refractivity contribution is 0.208. The topological polar surface area (TPSA) is 27.6 Å². The molecule has 1 aliphatic heterocycles. The number of nitrogens with zero attached hydrogens (tertiary/aromatic N) is 2. The summed E-state index contributed by atoms with van der Waals surface area (Å²) in [7, 11) is 1.88. The van der Waals surface area contributed by atoms with Crippen LogP contribution in [-0.4, -0.2) is 37.5 Å². The van der Waals surface area contributed by atoms with Crippen LogP contribution >= 0.6 is 0 Å². The monoisotopic (exact) mass is 211 g/mol. The zero-order chi connectivity index (χ0) is 11.3. The minimum Gasteiger partial charge on any atom is -0.356 e. The highest BCUT2D eigenvalue weighted by Gasteiger charge is 2.23. The van der Waals surface area contributed by atoms with Crippen LogP contribution in [0.1, 0.15) is 33.6 Å². The van der Waals surface area contributed by atoms with Gasteiger partial charge in [-0.2, -0.15) is 0 Å². The molecule has 1 fully saturated rings. The average Bonchev–Trinajstić information content (AvgIpc) is 2.17. The number of aliphatic imine (C=N–C) groups is 1. The zero-order valence-corrected chi connectivity index (χ0v) is 10.6. The summed E-state index contributed by atoms with van der Waals surface area (Å²) < 4.78 is 0. The Bertz CT molecular complexity index is 203.